The normalized spacial score (nSPS) is 13.6. The molecule has 1 aromatic heterocycles. The number of nitrogens with one attached hydrogen (secondary N) is 2. The molecule has 2 rings (SSSR count). The Balaban J connectivity index is 2.01. The highest BCUT2D eigenvalue weighted by Gasteiger charge is 2.27. The minimum atomic E-state index is -1.22. The van der Waals surface area contributed by atoms with Gasteiger partial charge in [0.2, 0.25) is 0 Å². The van der Waals surface area contributed by atoms with Crippen molar-refractivity contribution >= 4 is 33.2 Å². The van der Waals surface area contributed by atoms with E-state index in [4.69, 9.17) is 0 Å². The number of fused-ring (bicyclic) bond motifs is 1. The van der Waals surface area contributed by atoms with E-state index in [0.29, 0.717) is 6.54 Å². The fraction of sp³-hybridized carbons (Fsp3) is 0.375. The molecule has 0 radical (unpaired) electrons. The number of benzene rings is 1. The van der Waals surface area contributed by atoms with Crippen LogP contribution in [0, 0.1) is 0 Å². The molecule has 22 heavy (non-hydrogen) atoms. The van der Waals surface area contributed by atoms with E-state index in [1.54, 1.807) is 6.92 Å². The lowest BCUT2D eigenvalue weighted by molar-refractivity contribution is -0.139. The maximum Gasteiger partial charge on any atom is 0.309 e. The molecule has 0 bridgehead atoms. The quantitative estimate of drug-likeness (QED) is 0.735. The monoisotopic (exact) mass is 320 g/mol. The Labute approximate surface area is 133 Å². The van der Waals surface area contributed by atoms with E-state index in [0.717, 1.165) is 21.4 Å². The highest BCUT2D eigenvalue weighted by atomic mass is 32.1. The smallest absolute Gasteiger partial charge is 0.309 e. The average Bonchev–Trinajstić information content (AvgIpc) is 2.95. The van der Waals surface area contributed by atoms with E-state index in [2.05, 4.69) is 10.6 Å². The molecule has 1 heterocycles. The van der Waals surface area contributed by atoms with E-state index in [-0.39, 0.29) is 6.54 Å². The van der Waals surface area contributed by atoms with E-state index in [1.165, 1.54) is 11.3 Å². The molecule has 0 spiro atoms. The van der Waals surface area contributed by atoms with Crippen LogP contribution in [0.3, 0.4) is 0 Å². The first-order valence-electron chi connectivity index (χ1n) is 7.21. The molecular weight excluding hydrogens is 300 g/mol. The van der Waals surface area contributed by atoms with Crippen LogP contribution in [0.25, 0.3) is 10.1 Å². The Morgan fingerprint density at radius 3 is 2.59 bits per heavy atom. The van der Waals surface area contributed by atoms with E-state index in [9.17, 15) is 14.7 Å². The largest absolute Gasteiger partial charge is 0.383 e. The van der Waals surface area contributed by atoms with Crippen molar-refractivity contribution in [3.05, 3.63) is 35.2 Å². The summed E-state index contributed by atoms with van der Waals surface area (Å²) in [6.07, 6.45) is 0.762. The first kappa shape index (κ1) is 16.5. The van der Waals surface area contributed by atoms with Crippen LogP contribution in [0.5, 0.6) is 0 Å². The molecule has 0 aliphatic carbocycles. The summed E-state index contributed by atoms with van der Waals surface area (Å²) in [5, 5.41) is 16.6. The van der Waals surface area contributed by atoms with Crippen LogP contribution in [0.1, 0.15) is 25.1 Å². The van der Waals surface area contributed by atoms with Crippen LogP contribution in [0.15, 0.2) is 30.3 Å². The van der Waals surface area contributed by atoms with Gasteiger partial charge < -0.3 is 15.7 Å². The van der Waals surface area contributed by atoms with Gasteiger partial charge in [-0.1, -0.05) is 25.1 Å². The fourth-order valence-electron chi connectivity index (χ4n) is 1.99. The third kappa shape index (κ3) is 3.84. The summed E-state index contributed by atoms with van der Waals surface area (Å²) in [6.45, 7) is 3.98. The van der Waals surface area contributed by atoms with E-state index < -0.39 is 17.4 Å². The summed E-state index contributed by atoms with van der Waals surface area (Å²) >= 11 is 1.48. The number of hydrogen-bond donors (Lipinski definition) is 3. The van der Waals surface area contributed by atoms with E-state index in [1.807, 2.05) is 37.3 Å². The Bertz CT molecular complexity index is 646. The van der Waals surface area contributed by atoms with Gasteiger partial charge in [-0.25, -0.2) is 0 Å². The first-order chi connectivity index (χ1) is 10.4. The highest BCUT2D eigenvalue weighted by Crippen LogP contribution is 2.32. The van der Waals surface area contributed by atoms with E-state index >= 15 is 0 Å². The third-order valence-electron chi connectivity index (χ3n) is 3.29. The van der Waals surface area contributed by atoms with Crippen molar-refractivity contribution in [2.75, 3.05) is 13.1 Å². The maximum absolute atomic E-state index is 11.7. The Kier molecular flexibility index (Phi) is 5.15. The van der Waals surface area contributed by atoms with Gasteiger partial charge in [-0.05, 0) is 30.9 Å². The minimum Gasteiger partial charge on any atom is -0.383 e. The molecule has 0 aliphatic heterocycles. The second-order valence-corrected chi connectivity index (χ2v) is 6.44. The van der Waals surface area contributed by atoms with Gasteiger partial charge in [-0.15, -0.1) is 11.3 Å². The summed E-state index contributed by atoms with van der Waals surface area (Å²) in [7, 11) is 0. The molecule has 6 heteroatoms. The zero-order valence-electron chi connectivity index (χ0n) is 12.7. The Morgan fingerprint density at radius 1 is 1.23 bits per heavy atom. The van der Waals surface area contributed by atoms with Crippen molar-refractivity contribution in [1.82, 2.24) is 10.6 Å². The van der Waals surface area contributed by atoms with Gasteiger partial charge in [0, 0.05) is 16.1 Å². The van der Waals surface area contributed by atoms with Gasteiger partial charge in [0.25, 0.3) is 0 Å². The van der Waals surface area contributed by atoms with Crippen LogP contribution in [-0.2, 0) is 15.2 Å². The van der Waals surface area contributed by atoms with Gasteiger partial charge in [0.05, 0.1) is 6.54 Å². The first-order valence-corrected chi connectivity index (χ1v) is 8.03. The van der Waals surface area contributed by atoms with Crippen molar-refractivity contribution in [2.24, 2.45) is 0 Å². The molecule has 1 aromatic carbocycles. The molecule has 1 unspecified atom stereocenters. The summed E-state index contributed by atoms with van der Waals surface area (Å²) in [5.74, 6) is -1.40. The lowest BCUT2D eigenvalue weighted by Crippen LogP contribution is -2.45. The number of amides is 2. The number of carbonyl (C=O) groups excluding carboxylic acids is 2. The number of rotatable bonds is 5. The van der Waals surface area contributed by atoms with Crippen molar-refractivity contribution in [1.29, 1.82) is 0 Å². The predicted octanol–water partition coefficient (Wildman–Crippen LogP) is 1.75. The molecule has 0 aliphatic rings. The van der Waals surface area contributed by atoms with Crippen molar-refractivity contribution in [3.63, 3.8) is 0 Å². The lowest BCUT2D eigenvalue weighted by atomic mass is 10.0. The number of thiophene rings is 1. The second-order valence-electron chi connectivity index (χ2n) is 5.36. The van der Waals surface area contributed by atoms with Crippen LogP contribution in [0.4, 0.5) is 0 Å². The van der Waals surface area contributed by atoms with Crippen molar-refractivity contribution in [2.45, 2.75) is 25.9 Å². The molecule has 3 N–H and O–H groups in total. The number of hydrogen-bond acceptors (Lipinski definition) is 4. The van der Waals surface area contributed by atoms with Gasteiger partial charge in [0.15, 0.2) is 0 Å². The standard InChI is InChI=1S/C16H20N2O3S/c1-3-8-17-14(19)15(20)18-10-16(2,21)13-9-11-6-4-5-7-12(11)22-13/h4-7,9,21H,3,8,10H2,1-2H3,(H,17,19)(H,18,20). The third-order valence-corrected chi connectivity index (χ3v) is 4.66. The highest BCUT2D eigenvalue weighted by molar-refractivity contribution is 7.19. The zero-order valence-corrected chi connectivity index (χ0v) is 13.5. The van der Waals surface area contributed by atoms with Gasteiger partial charge in [-0.3, -0.25) is 9.59 Å². The Morgan fingerprint density at radius 2 is 1.91 bits per heavy atom. The lowest BCUT2D eigenvalue weighted by Gasteiger charge is -2.22. The maximum atomic E-state index is 11.7. The molecule has 2 amide bonds. The molecule has 0 fully saturated rings. The van der Waals surface area contributed by atoms with Gasteiger partial charge in [-0.2, -0.15) is 0 Å². The molecule has 118 valence electrons. The molecule has 1 atom stereocenters. The van der Waals surface area contributed by atoms with Crippen LogP contribution in [-0.4, -0.2) is 30.0 Å². The minimum absolute atomic E-state index is 0.0157. The van der Waals surface area contributed by atoms with Crippen molar-refractivity contribution in [3.8, 4) is 0 Å². The second kappa shape index (κ2) is 6.89. The molecular formula is C16H20N2O3S. The van der Waals surface area contributed by atoms with Gasteiger partial charge in [0.1, 0.15) is 5.60 Å². The fourth-order valence-corrected chi connectivity index (χ4v) is 3.09. The number of aliphatic hydroxyl groups is 1. The number of carbonyl (C=O) groups is 2. The zero-order chi connectivity index (χ0) is 16.2. The topological polar surface area (TPSA) is 78.4 Å². The molecule has 2 aromatic rings. The Hall–Kier alpha value is -1.92. The molecule has 5 nitrogen and oxygen atoms in total. The summed E-state index contributed by atoms with van der Waals surface area (Å²) in [5.41, 5.74) is -1.22. The summed E-state index contributed by atoms with van der Waals surface area (Å²) in [6, 6.07) is 9.74. The van der Waals surface area contributed by atoms with Crippen LogP contribution in [0.2, 0.25) is 0 Å². The predicted molar refractivity (Wildman–Crippen MR) is 87.7 cm³/mol. The van der Waals surface area contributed by atoms with Crippen molar-refractivity contribution < 1.29 is 14.7 Å². The SMILES string of the molecule is CCCNC(=O)C(=O)NCC(C)(O)c1cc2ccccc2s1. The molecule has 0 saturated carbocycles. The van der Waals surface area contributed by atoms with Crippen LogP contribution < -0.4 is 10.6 Å². The summed E-state index contributed by atoms with van der Waals surface area (Å²) < 4.78 is 1.07. The molecule has 0 saturated heterocycles. The van der Waals surface area contributed by atoms with Gasteiger partial charge >= 0.3 is 11.8 Å². The summed E-state index contributed by atoms with van der Waals surface area (Å²) in [4.78, 5) is 23.9. The average molecular weight is 320 g/mol. The van der Waals surface area contributed by atoms with Crippen LogP contribution >= 0.6 is 11.3 Å².